The number of nitrogens with zero attached hydrogens (tertiary/aromatic N) is 2. The summed E-state index contributed by atoms with van der Waals surface area (Å²) >= 11 is 0. The third-order valence-corrected chi connectivity index (χ3v) is 4.23. The quantitative estimate of drug-likeness (QED) is 0.796. The molecule has 116 valence electrons. The van der Waals surface area contributed by atoms with E-state index in [1.807, 2.05) is 11.8 Å². The molecule has 0 bridgehead atoms. The first-order valence-electron chi connectivity index (χ1n) is 7.31. The van der Waals surface area contributed by atoms with E-state index in [-0.39, 0.29) is 18.4 Å². The van der Waals surface area contributed by atoms with Gasteiger partial charge >= 0.3 is 12.0 Å². The standard InChI is InChI=1S/C14H27N3O3/c1-5-12(6-13(18)19)7-15-14(20)17-8-10(2)16(4)11(3)9-17/h10-12H,5-9H2,1-4H3,(H,15,20)(H,18,19). The van der Waals surface area contributed by atoms with Crippen LogP contribution in [0.2, 0.25) is 0 Å². The van der Waals surface area contributed by atoms with Gasteiger partial charge in [-0.15, -0.1) is 0 Å². The molecule has 2 amide bonds. The van der Waals surface area contributed by atoms with Crippen molar-refractivity contribution in [3.63, 3.8) is 0 Å². The molecular weight excluding hydrogens is 258 g/mol. The zero-order chi connectivity index (χ0) is 15.3. The zero-order valence-electron chi connectivity index (χ0n) is 12.9. The molecule has 0 spiro atoms. The van der Waals surface area contributed by atoms with Gasteiger partial charge in [0.05, 0.1) is 0 Å². The summed E-state index contributed by atoms with van der Waals surface area (Å²) in [4.78, 5) is 26.9. The number of hydrogen-bond acceptors (Lipinski definition) is 3. The van der Waals surface area contributed by atoms with E-state index < -0.39 is 5.97 Å². The Labute approximate surface area is 121 Å². The summed E-state index contributed by atoms with van der Waals surface area (Å²) in [5, 5.41) is 11.7. The number of carbonyl (C=O) groups is 2. The van der Waals surface area contributed by atoms with Gasteiger partial charge in [-0.25, -0.2) is 4.79 Å². The van der Waals surface area contributed by atoms with Gasteiger partial charge in [-0.1, -0.05) is 13.3 Å². The van der Waals surface area contributed by atoms with Crippen LogP contribution < -0.4 is 5.32 Å². The van der Waals surface area contributed by atoms with Gasteiger partial charge in [0.1, 0.15) is 0 Å². The predicted octanol–water partition coefficient (Wildman–Crippen LogP) is 1.22. The number of carbonyl (C=O) groups excluding carboxylic acids is 1. The second kappa shape index (κ2) is 7.47. The number of rotatable bonds is 5. The van der Waals surface area contributed by atoms with Crippen molar-refractivity contribution in [3.8, 4) is 0 Å². The lowest BCUT2D eigenvalue weighted by Crippen LogP contribution is -2.58. The van der Waals surface area contributed by atoms with E-state index in [2.05, 4.69) is 31.1 Å². The third-order valence-electron chi connectivity index (χ3n) is 4.23. The van der Waals surface area contributed by atoms with Gasteiger partial charge in [0.25, 0.3) is 0 Å². The first-order chi connectivity index (χ1) is 9.35. The van der Waals surface area contributed by atoms with Crippen LogP contribution in [0.4, 0.5) is 4.79 Å². The normalized spacial score (nSPS) is 25.3. The lowest BCUT2D eigenvalue weighted by atomic mass is 10.0. The summed E-state index contributed by atoms with van der Waals surface area (Å²) in [5.41, 5.74) is 0. The molecule has 1 aliphatic heterocycles. The molecule has 1 rings (SSSR count). The Kier molecular flexibility index (Phi) is 6.26. The molecule has 0 aromatic heterocycles. The van der Waals surface area contributed by atoms with Gasteiger partial charge in [-0.3, -0.25) is 9.69 Å². The molecule has 20 heavy (non-hydrogen) atoms. The summed E-state index contributed by atoms with van der Waals surface area (Å²) in [6, 6.07) is 0.594. The first-order valence-corrected chi connectivity index (χ1v) is 7.31. The van der Waals surface area contributed by atoms with Crippen molar-refractivity contribution >= 4 is 12.0 Å². The fraction of sp³-hybridized carbons (Fsp3) is 0.857. The predicted molar refractivity (Wildman–Crippen MR) is 77.7 cm³/mol. The van der Waals surface area contributed by atoms with Crippen molar-refractivity contribution in [1.29, 1.82) is 0 Å². The number of piperazine rings is 1. The smallest absolute Gasteiger partial charge is 0.317 e. The number of hydrogen-bond donors (Lipinski definition) is 2. The Balaban J connectivity index is 2.44. The topological polar surface area (TPSA) is 72.9 Å². The molecule has 1 fully saturated rings. The highest BCUT2D eigenvalue weighted by molar-refractivity contribution is 5.74. The molecule has 3 atom stereocenters. The van der Waals surface area contributed by atoms with Crippen LogP contribution in [0.3, 0.4) is 0 Å². The number of urea groups is 1. The van der Waals surface area contributed by atoms with Gasteiger partial charge in [0.15, 0.2) is 0 Å². The highest BCUT2D eigenvalue weighted by atomic mass is 16.4. The van der Waals surface area contributed by atoms with Crippen LogP contribution in [0, 0.1) is 5.92 Å². The van der Waals surface area contributed by atoms with Gasteiger partial charge in [0, 0.05) is 38.1 Å². The molecule has 2 N–H and O–H groups in total. The fourth-order valence-corrected chi connectivity index (χ4v) is 2.52. The molecule has 3 unspecified atom stereocenters. The highest BCUT2D eigenvalue weighted by Crippen LogP contribution is 2.13. The Bertz CT molecular complexity index is 337. The van der Waals surface area contributed by atoms with Crippen molar-refractivity contribution in [3.05, 3.63) is 0 Å². The lowest BCUT2D eigenvalue weighted by molar-refractivity contribution is -0.138. The van der Waals surface area contributed by atoms with Gasteiger partial charge in [-0.2, -0.15) is 0 Å². The SMILES string of the molecule is CCC(CNC(=O)N1CC(C)N(C)C(C)C1)CC(=O)O. The average molecular weight is 285 g/mol. The summed E-state index contributed by atoms with van der Waals surface area (Å²) < 4.78 is 0. The van der Waals surface area contributed by atoms with Gasteiger partial charge < -0.3 is 15.3 Å². The molecule has 0 radical (unpaired) electrons. The van der Waals surface area contributed by atoms with E-state index in [1.165, 1.54) is 0 Å². The largest absolute Gasteiger partial charge is 0.481 e. The number of carboxylic acid groups (broad SMARTS) is 1. The highest BCUT2D eigenvalue weighted by Gasteiger charge is 2.29. The second-order valence-corrected chi connectivity index (χ2v) is 5.83. The van der Waals surface area contributed by atoms with Gasteiger partial charge in [0.2, 0.25) is 0 Å². The molecule has 0 aromatic rings. The van der Waals surface area contributed by atoms with Crippen LogP contribution in [0.25, 0.3) is 0 Å². The summed E-state index contributed by atoms with van der Waals surface area (Å²) in [6.45, 7) is 8.01. The van der Waals surface area contributed by atoms with E-state index in [1.54, 1.807) is 0 Å². The second-order valence-electron chi connectivity index (χ2n) is 5.83. The van der Waals surface area contributed by atoms with Crippen LogP contribution in [-0.4, -0.2) is 65.7 Å². The van der Waals surface area contributed by atoms with Crippen molar-refractivity contribution < 1.29 is 14.7 Å². The van der Waals surface area contributed by atoms with Crippen molar-refractivity contribution in [2.45, 2.75) is 45.7 Å². The zero-order valence-corrected chi connectivity index (χ0v) is 12.9. The molecule has 1 aliphatic rings. The molecule has 0 aliphatic carbocycles. The van der Waals surface area contributed by atoms with E-state index >= 15 is 0 Å². The monoisotopic (exact) mass is 285 g/mol. The molecule has 0 aromatic carbocycles. The Morgan fingerprint density at radius 1 is 1.30 bits per heavy atom. The molecule has 0 saturated carbocycles. The number of nitrogens with one attached hydrogen (secondary N) is 1. The average Bonchev–Trinajstić information content (AvgIpc) is 2.39. The maximum atomic E-state index is 12.2. The minimum atomic E-state index is -0.812. The van der Waals surface area contributed by atoms with E-state index in [0.717, 1.165) is 6.42 Å². The summed E-state index contributed by atoms with van der Waals surface area (Å²) in [6.07, 6.45) is 0.856. The maximum Gasteiger partial charge on any atom is 0.317 e. The van der Waals surface area contributed by atoms with E-state index in [0.29, 0.717) is 31.7 Å². The van der Waals surface area contributed by atoms with Crippen molar-refractivity contribution in [2.24, 2.45) is 5.92 Å². The van der Waals surface area contributed by atoms with E-state index in [4.69, 9.17) is 5.11 Å². The van der Waals surface area contributed by atoms with Crippen LogP contribution in [0.5, 0.6) is 0 Å². The van der Waals surface area contributed by atoms with Gasteiger partial charge in [-0.05, 0) is 26.8 Å². The Hall–Kier alpha value is -1.30. The molecular formula is C14H27N3O3. The van der Waals surface area contributed by atoms with Crippen LogP contribution >= 0.6 is 0 Å². The molecule has 1 saturated heterocycles. The Morgan fingerprint density at radius 2 is 1.85 bits per heavy atom. The first kappa shape index (κ1) is 16.8. The summed E-state index contributed by atoms with van der Waals surface area (Å²) in [7, 11) is 2.07. The van der Waals surface area contributed by atoms with Crippen LogP contribution in [0.15, 0.2) is 0 Å². The van der Waals surface area contributed by atoms with E-state index in [9.17, 15) is 9.59 Å². The summed E-state index contributed by atoms with van der Waals surface area (Å²) in [5.74, 6) is -0.813. The number of aliphatic carboxylic acids is 1. The third kappa shape index (κ3) is 4.67. The maximum absolute atomic E-state index is 12.2. The Morgan fingerprint density at radius 3 is 2.30 bits per heavy atom. The fourth-order valence-electron chi connectivity index (χ4n) is 2.52. The number of likely N-dealkylation sites (N-methyl/N-ethyl adjacent to an activating group) is 1. The number of carboxylic acids is 1. The minimum absolute atomic E-state index is 0.00115. The number of amides is 2. The van der Waals surface area contributed by atoms with Crippen molar-refractivity contribution in [1.82, 2.24) is 15.1 Å². The lowest BCUT2D eigenvalue weighted by Gasteiger charge is -2.42. The molecule has 6 nitrogen and oxygen atoms in total. The van der Waals surface area contributed by atoms with Crippen molar-refractivity contribution in [2.75, 3.05) is 26.7 Å². The minimum Gasteiger partial charge on any atom is -0.481 e. The van der Waals surface area contributed by atoms with Crippen LogP contribution in [-0.2, 0) is 4.79 Å². The van der Waals surface area contributed by atoms with Crippen LogP contribution in [0.1, 0.15) is 33.6 Å². The molecule has 6 heteroatoms. The molecule has 1 heterocycles.